The van der Waals surface area contributed by atoms with Crippen LogP contribution in [0.1, 0.15) is 25.5 Å². The number of ether oxygens (including phenoxy) is 1. The lowest BCUT2D eigenvalue weighted by Crippen LogP contribution is -2.50. The van der Waals surface area contributed by atoms with Crippen LogP contribution >= 0.6 is 23.4 Å². The molecule has 10 nitrogen and oxygen atoms in total. The second-order valence-electron chi connectivity index (χ2n) is 9.86. The topological polar surface area (TPSA) is 125 Å². The predicted octanol–water partition coefficient (Wildman–Crippen LogP) is 3.16. The lowest BCUT2D eigenvalue weighted by molar-refractivity contribution is 0.0974. The van der Waals surface area contributed by atoms with Gasteiger partial charge in [-0.15, -0.1) is 0 Å². The van der Waals surface area contributed by atoms with Crippen molar-refractivity contribution < 1.29 is 4.74 Å². The Balaban J connectivity index is 1.18. The number of fused-ring (bicyclic) bond motifs is 1. The van der Waals surface area contributed by atoms with Gasteiger partial charge in [0.2, 0.25) is 0 Å². The van der Waals surface area contributed by atoms with Crippen molar-refractivity contribution in [1.29, 1.82) is 0 Å². The van der Waals surface area contributed by atoms with Gasteiger partial charge >= 0.3 is 0 Å². The number of hydrogen-bond donors (Lipinski definition) is 1. The molecule has 12 heteroatoms. The van der Waals surface area contributed by atoms with Gasteiger partial charge in [-0.25, -0.2) is 24.9 Å². The highest BCUT2D eigenvalue weighted by molar-refractivity contribution is 7.99. The zero-order valence-corrected chi connectivity index (χ0v) is 22.4. The third kappa shape index (κ3) is 4.64. The number of nitrogens with zero attached hydrogens (tertiary/aromatic N) is 7. The van der Waals surface area contributed by atoms with Crippen LogP contribution in [0.15, 0.2) is 64.2 Å². The summed E-state index contributed by atoms with van der Waals surface area (Å²) >= 11 is 8.09. The van der Waals surface area contributed by atoms with Crippen molar-refractivity contribution in [3.8, 4) is 0 Å². The van der Waals surface area contributed by atoms with E-state index in [0.717, 1.165) is 38.4 Å². The minimum Gasteiger partial charge on any atom is -0.376 e. The molecule has 2 N–H and O–H groups in total. The van der Waals surface area contributed by atoms with Crippen molar-refractivity contribution in [3.05, 3.63) is 70.5 Å². The van der Waals surface area contributed by atoms with Crippen molar-refractivity contribution >= 4 is 40.1 Å². The first-order valence-corrected chi connectivity index (χ1v) is 13.7. The zero-order valence-electron chi connectivity index (χ0n) is 20.8. The van der Waals surface area contributed by atoms with Gasteiger partial charge in [0.1, 0.15) is 17.2 Å². The zero-order chi connectivity index (χ0) is 26.3. The Labute approximate surface area is 228 Å². The molecule has 38 heavy (non-hydrogen) atoms. The molecule has 0 amide bonds. The second kappa shape index (κ2) is 10.2. The number of hydrogen-bond acceptors (Lipinski definition) is 10. The smallest absolute Gasteiger partial charge is 0.263 e. The van der Waals surface area contributed by atoms with Crippen molar-refractivity contribution in [2.24, 2.45) is 11.1 Å². The lowest BCUT2D eigenvalue weighted by atomic mass is 9.73. The molecule has 0 aliphatic carbocycles. The molecule has 2 aliphatic rings. The van der Waals surface area contributed by atoms with Crippen LogP contribution in [-0.2, 0) is 11.3 Å². The minimum atomic E-state index is -0.230. The first-order valence-electron chi connectivity index (χ1n) is 12.5. The summed E-state index contributed by atoms with van der Waals surface area (Å²) in [6, 6.07) is 5.48. The monoisotopic (exact) mass is 550 g/mol. The molecular formula is C26H27ClN8O2S. The summed E-state index contributed by atoms with van der Waals surface area (Å²) in [7, 11) is 0. The standard InChI is InChI=1S/C26H27ClN8O2S/c1-16-24(28)26(13-37-16)5-8-34(9-6-26)20-10-31-21(11-30-20)38-19-3-2-18-22(23(19)27)25(36)35(15-33-18)12-17-4-7-29-14-32-17/h2-4,7,10-11,14-16,24H,5-6,8-9,12-13,28H2,1H3/t16-,24+/m0/s1. The van der Waals surface area contributed by atoms with Crippen LogP contribution in [0, 0.1) is 5.41 Å². The Kier molecular flexibility index (Phi) is 6.77. The van der Waals surface area contributed by atoms with E-state index in [0.29, 0.717) is 31.5 Å². The van der Waals surface area contributed by atoms with E-state index in [9.17, 15) is 4.79 Å². The molecule has 3 aromatic heterocycles. The highest BCUT2D eigenvalue weighted by atomic mass is 35.5. The number of nitrogens with two attached hydrogens (primary N) is 1. The summed E-state index contributed by atoms with van der Waals surface area (Å²) in [6.07, 6.45) is 10.2. The quantitative estimate of drug-likeness (QED) is 0.396. The van der Waals surface area contributed by atoms with E-state index in [1.807, 2.05) is 6.07 Å². The van der Waals surface area contributed by atoms with Crippen LogP contribution in [-0.4, -0.2) is 61.3 Å². The van der Waals surface area contributed by atoms with E-state index in [-0.39, 0.29) is 29.7 Å². The van der Waals surface area contributed by atoms with Gasteiger partial charge < -0.3 is 15.4 Å². The van der Waals surface area contributed by atoms with Gasteiger partial charge in [-0.1, -0.05) is 23.4 Å². The number of rotatable bonds is 5. The van der Waals surface area contributed by atoms with Crippen LogP contribution < -0.4 is 16.2 Å². The highest BCUT2D eigenvalue weighted by Gasteiger charge is 2.47. The summed E-state index contributed by atoms with van der Waals surface area (Å²) in [5.74, 6) is 0.839. The third-order valence-electron chi connectivity index (χ3n) is 7.63. The van der Waals surface area contributed by atoms with E-state index >= 15 is 0 Å². The molecule has 2 fully saturated rings. The summed E-state index contributed by atoms with van der Waals surface area (Å²) in [5.41, 5.74) is 7.53. The fraction of sp³-hybridized carbons (Fsp3) is 0.385. The second-order valence-corrected chi connectivity index (χ2v) is 11.3. The van der Waals surface area contributed by atoms with Crippen LogP contribution in [0.4, 0.5) is 5.82 Å². The van der Waals surface area contributed by atoms with E-state index in [1.54, 1.807) is 30.7 Å². The molecule has 1 aromatic carbocycles. The molecule has 5 heterocycles. The minimum absolute atomic E-state index is 0.0637. The highest BCUT2D eigenvalue weighted by Crippen LogP contribution is 2.42. The Morgan fingerprint density at radius 2 is 2.00 bits per heavy atom. The largest absolute Gasteiger partial charge is 0.376 e. The SMILES string of the molecule is C[C@@H]1OCC2(CCN(c3cnc(Sc4ccc5ncn(Cc6ccncn6)c(=O)c5c4Cl)cn3)CC2)[C@@H]1N. The van der Waals surface area contributed by atoms with Gasteiger partial charge in [0.05, 0.1) is 59.6 Å². The molecule has 2 saturated heterocycles. The molecular weight excluding hydrogens is 524 g/mol. The van der Waals surface area contributed by atoms with E-state index in [4.69, 9.17) is 22.1 Å². The first-order chi connectivity index (χ1) is 18.4. The van der Waals surface area contributed by atoms with E-state index in [2.05, 4.69) is 36.7 Å². The van der Waals surface area contributed by atoms with Crippen LogP contribution in [0.5, 0.6) is 0 Å². The van der Waals surface area contributed by atoms with Crippen LogP contribution in [0.2, 0.25) is 5.02 Å². The van der Waals surface area contributed by atoms with Gasteiger partial charge in [0.25, 0.3) is 5.56 Å². The molecule has 2 atom stereocenters. The van der Waals surface area contributed by atoms with Gasteiger partial charge in [-0.05, 0) is 38.0 Å². The number of aromatic nitrogens is 6. The number of anilines is 1. The summed E-state index contributed by atoms with van der Waals surface area (Å²) in [6.45, 7) is 4.81. The van der Waals surface area contributed by atoms with Gasteiger partial charge in [-0.2, -0.15) is 0 Å². The summed E-state index contributed by atoms with van der Waals surface area (Å²) in [4.78, 5) is 38.0. The average Bonchev–Trinajstić information content (AvgIpc) is 3.21. The van der Waals surface area contributed by atoms with Gasteiger partial charge in [-0.3, -0.25) is 9.36 Å². The molecule has 6 rings (SSSR count). The van der Waals surface area contributed by atoms with E-state index < -0.39 is 0 Å². The fourth-order valence-electron chi connectivity index (χ4n) is 5.26. The maximum absolute atomic E-state index is 13.2. The van der Waals surface area contributed by atoms with Gasteiger partial charge in [0, 0.05) is 35.6 Å². The van der Waals surface area contributed by atoms with Crippen molar-refractivity contribution in [2.45, 2.75) is 48.4 Å². The Bertz CT molecular complexity index is 1510. The average molecular weight is 551 g/mol. The number of piperidine rings is 1. The predicted molar refractivity (Wildman–Crippen MR) is 146 cm³/mol. The molecule has 0 unspecified atom stereocenters. The summed E-state index contributed by atoms with van der Waals surface area (Å²) in [5, 5.41) is 1.40. The molecule has 4 aromatic rings. The third-order valence-corrected chi connectivity index (χ3v) is 9.11. The van der Waals surface area contributed by atoms with Gasteiger partial charge in [0.15, 0.2) is 0 Å². The van der Waals surface area contributed by atoms with Crippen LogP contribution in [0.25, 0.3) is 10.9 Å². The molecule has 196 valence electrons. The Morgan fingerprint density at radius 3 is 2.68 bits per heavy atom. The molecule has 2 aliphatic heterocycles. The first kappa shape index (κ1) is 25.2. The fourth-order valence-corrected chi connectivity index (χ4v) is 6.38. The van der Waals surface area contributed by atoms with Crippen molar-refractivity contribution in [1.82, 2.24) is 29.5 Å². The molecule has 1 spiro atoms. The number of halogens is 1. The Morgan fingerprint density at radius 1 is 1.16 bits per heavy atom. The Hall–Kier alpha value is -3.12. The summed E-state index contributed by atoms with van der Waals surface area (Å²) < 4.78 is 7.33. The van der Waals surface area contributed by atoms with E-state index in [1.165, 1.54) is 29.0 Å². The molecule has 0 bridgehead atoms. The molecule has 0 radical (unpaired) electrons. The number of benzene rings is 1. The van der Waals surface area contributed by atoms with Crippen molar-refractivity contribution in [2.75, 3.05) is 24.6 Å². The maximum atomic E-state index is 13.2. The maximum Gasteiger partial charge on any atom is 0.263 e. The van der Waals surface area contributed by atoms with Crippen molar-refractivity contribution in [3.63, 3.8) is 0 Å². The lowest BCUT2D eigenvalue weighted by Gasteiger charge is -2.41. The molecule has 0 saturated carbocycles. The van der Waals surface area contributed by atoms with Crippen LogP contribution in [0.3, 0.4) is 0 Å². The normalized spacial score (nSPS) is 20.9.